The van der Waals surface area contributed by atoms with Crippen LogP contribution in [0.4, 0.5) is 0 Å². The van der Waals surface area contributed by atoms with E-state index in [1.54, 1.807) is 26.4 Å². The molecule has 0 spiro atoms. The van der Waals surface area contributed by atoms with Crippen LogP contribution in [0.2, 0.25) is 0 Å². The summed E-state index contributed by atoms with van der Waals surface area (Å²) < 4.78 is 9.43. The van der Waals surface area contributed by atoms with Gasteiger partial charge in [0.15, 0.2) is 6.29 Å². The third kappa shape index (κ3) is 6.72. The van der Waals surface area contributed by atoms with Gasteiger partial charge in [-0.05, 0) is 0 Å². The first-order chi connectivity index (χ1) is 8.21. The second-order valence-corrected chi connectivity index (χ2v) is 3.43. The largest absolute Gasteiger partial charge is 0.481 e. The molecule has 0 aromatic carbocycles. The summed E-state index contributed by atoms with van der Waals surface area (Å²) in [5.41, 5.74) is 1.08. The molecule has 0 radical (unpaired) electrons. The van der Waals surface area contributed by atoms with E-state index < -0.39 is 0 Å². The molecule has 1 aromatic rings. The van der Waals surface area contributed by atoms with Gasteiger partial charge in [0, 0.05) is 31.7 Å². The van der Waals surface area contributed by atoms with E-state index in [4.69, 9.17) is 11.2 Å². The number of alkyl halides is 1. The molecule has 1 heterocycles. The Kier molecular flexibility index (Phi) is 9.02. The van der Waals surface area contributed by atoms with E-state index in [9.17, 15) is 4.79 Å². The van der Waals surface area contributed by atoms with Crippen LogP contribution in [-0.2, 0) is 10.1 Å². The summed E-state index contributed by atoms with van der Waals surface area (Å²) in [7, 11) is 3.25. The number of aromatic nitrogens is 1. The van der Waals surface area contributed by atoms with Crippen molar-refractivity contribution >= 4 is 22.2 Å². The van der Waals surface area contributed by atoms with Gasteiger partial charge in [-0.2, -0.15) is 0 Å². The molecule has 0 unspecified atom stereocenters. The highest BCUT2D eigenvalue weighted by Crippen LogP contribution is 2.15. The SMILES string of the molecule is C#CCOc1cc(C=O)nc(CBr)c1.COC. The zero-order chi connectivity index (χ0) is 13.1. The van der Waals surface area contributed by atoms with Crippen molar-refractivity contribution in [1.29, 1.82) is 0 Å². The number of pyridine rings is 1. The van der Waals surface area contributed by atoms with E-state index >= 15 is 0 Å². The predicted octanol–water partition coefficient (Wildman–Crippen LogP) is 2.06. The third-order valence-corrected chi connectivity index (χ3v) is 2.03. The van der Waals surface area contributed by atoms with Crippen molar-refractivity contribution in [2.45, 2.75) is 5.33 Å². The lowest BCUT2D eigenvalue weighted by Crippen LogP contribution is -1.98. The average molecular weight is 300 g/mol. The maximum Gasteiger partial charge on any atom is 0.168 e. The zero-order valence-corrected chi connectivity index (χ0v) is 11.4. The van der Waals surface area contributed by atoms with Gasteiger partial charge < -0.3 is 9.47 Å². The molecule has 1 rings (SSSR count). The maximum atomic E-state index is 10.5. The fourth-order valence-corrected chi connectivity index (χ4v) is 1.21. The van der Waals surface area contributed by atoms with Crippen molar-refractivity contribution in [1.82, 2.24) is 4.98 Å². The quantitative estimate of drug-likeness (QED) is 0.485. The van der Waals surface area contributed by atoms with Crippen LogP contribution < -0.4 is 4.74 Å². The van der Waals surface area contributed by atoms with Crippen molar-refractivity contribution in [3.05, 3.63) is 23.5 Å². The molecule has 0 saturated carbocycles. The Morgan fingerprint density at radius 3 is 2.65 bits per heavy atom. The molecular weight excluding hydrogens is 286 g/mol. The summed E-state index contributed by atoms with van der Waals surface area (Å²) >= 11 is 3.25. The first-order valence-electron chi connectivity index (χ1n) is 4.70. The van der Waals surface area contributed by atoms with Crippen LogP contribution in [0.5, 0.6) is 5.75 Å². The molecule has 0 atom stereocenters. The zero-order valence-electron chi connectivity index (χ0n) is 9.77. The van der Waals surface area contributed by atoms with Crippen LogP contribution in [0.15, 0.2) is 12.1 Å². The minimum absolute atomic E-state index is 0.185. The van der Waals surface area contributed by atoms with Gasteiger partial charge in [0.1, 0.15) is 18.1 Å². The number of terminal acetylenes is 1. The number of hydrogen-bond acceptors (Lipinski definition) is 4. The molecule has 0 aliphatic rings. The Morgan fingerprint density at radius 2 is 2.18 bits per heavy atom. The van der Waals surface area contributed by atoms with Crippen LogP contribution in [0.1, 0.15) is 16.2 Å². The summed E-state index contributed by atoms with van der Waals surface area (Å²) in [5, 5.41) is 0.571. The van der Waals surface area contributed by atoms with E-state index in [0.29, 0.717) is 23.1 Å². The number of carbonyl (C=O) groups is 1. The Hall–Kier alpha value is -1.38. The van der Waals surface area contributed by atoms with E-state index in [2.05, 4.69) is 31.6 Å². The molecule has 5 heteroatoms. The van der Waals surface area contributed by atoms with Gasteiger partial charge >= 0.3 is 0 Å². The fourth-order valence-electron chi connectivity index (χ4n) is 0.919. The van der Waals surface area contributed by atoms with Gasteiger partial charge in [-0.25, -0.2) is 4.98 Å². The fraction of sp³-hybridized carbons (Fsp3) is 0.333. The molecule has 0 amide bonds. The number of halogens is 1. The van der Waals surface area contributed by atoms with Gasteiger partial charge in [0.05, 0.1) is 5.69 Å². The van der Waals surface area contributed by atoms with Crippen molar-refractivity contribution in [2.75, 3.05) is 20.8 Å². The Balaban J connectivity index is 0.000000770. The molecule has 1 aromatic heterocycles. The molecule has 0 fully saturated rings. The van der Waals surface area contributed by atoms with Gasteiger partial charge in [0.25, 0.3) is 0 Å². The molecule has 0 aliphatic heterocycles. The number of rotatable bonds is 4. The lowest BCUT2D eigenvalue weighted by Gasteiger charge is -2.04. The summed E-state index contributed by atoms with van der Waals surface area (Å²) in [6.07, 6.45) is 5.72. The Labute approximate surface area is 109 Å². The van der Waals surface area contributed by atoms with Gasteiger partial charge in [-0.1, -0.05) is 21.9 Å². The minimum atomic E-state index is 0.185. The molecule has 92 valence electrons. The Bertz CT molecular complexity index is 388. The first kappa shape index (κ1) is 15.6. The molecule has 0 saturated heterocycles. The standard InChI is InChI=1S/C10H8BrNO2.C2H6O/c1-2-3-14-10-4-8(6-11)12-9(5-10)7-13;1-3-2/h1,4-5,7H,3,6H2;1-2H3. The number of methoxy groups -OCH3 is 1. The highest BCUT2D eigenvalue weighted by atomic mass is 79.9. The predicted molar refractivity (Wildman–Crippen MR) is 69.5 cm³/mol. The van der Waals surface area contributed by atoms with Crippen molar-refractivity contribution in [3.63, 3.8) is 0 Å². The second-order valence-electron chi connectivity index (χ2n) is 2.87. The molecule has 4 nitrogen and oxygen atoms in total. The second kappa shape index (κ2) is 9.82. The van der Waals surface area contributed by atoms with Crippen LogP contribution in [0, 0.1) is 12.3 Å². The van der Waals surface area contributed by atoms with Gasteiger partial charge in [0.2, 0.25) is 0 Å². The number of carbonyl (C=O) groups excluding carboxylic acids is 1. The van der Waals surface area contributed by atoms with Crippen molar-refractivity contribution in [2.24, 2.45) is 0 Å². The van der Waals surface area contributed by atoms with Crippen molar-refractivity contribution in [3.8, 4) is 18.1 Å². The van der Waals surface area contributed by atoms with E-state index in [0.717, 1.165) is 5.69 Å². The van der Waals surface area contributed by atoms with E-state index in [-0.39, 0.29) is 6.61 Å². The highest BCUT2D eigenvalue weighted by Gasteiger charge is 2.01. The molecule has 0 bridgehead atoms. The number of hydrogen-bond donors (Lipinski definition) is 0. The van der Waals surface area contributed by atoms with E-state index in [1.165, 1.54) is 0 Å². The van der Waals surface area contributed by atoms with Crippen LogP contribution in [0.25, 0.3) is 0 Å². The molecule has 0 N–H and O–H groups in total. The summed E-state index contributed by atoms with van der Waals surface area (Å²) in [6.45, 7) is 0.185. The number of aldehydes is 1. The van der Waals surface area contributed by atoms with Crippen LogP contribution in [0.3, 0.4) is 0 Å². The highest BCUT2D eigenvalue weighted by molar-refractivity contribution is 9.08. The third-order valence-electron chi connectivity index (χ3n) is 1.45. The lowest BCUT2D eigenvalue weighted by molar-refractivity contribution is 0.111. The molecular formula is C12H14BrNO3. The number of ether oxygens (including phenoxy) is 2. The van der Waals surface area contributed by atoms with Crippen molar-refractivity contribution < 1.29 is 14.3 Å². The van der Waals surface area contributed by atoms with Gasteiger partial charge in [-0.3, -0.25) is 4.79 Å². The smallest absolute Gasteiger partial charge is 0.168 e. The monoisotopic (exact) mass is 299 g/mol. The summed E-state index contributed by atoms with van der Waals surface area (Å²) in [5.74, 6) is 2.91. The minimum Gasteiger partial charge on any atom is -0.481 e. The summed E-state index contributed by atoms with van der Waals surface area (Å²) in [6, 6.07) is 3.29. The normalized spacial score (nSPS) is 8.59. The van der Waals surface area contributed by atoms with Gasteiger partial charge in [-0.15, -0.1) is 6.42 Å². The number of nitrogens with zero attached hydrogens (tertiary/aromatic N) is 1. The average Bonchev–Trinajstić information content (AvgIpc) is 2.36. The molecule has 0 aliphatic carbocycles. The lowest BCUT2D eigenvalue weighted by atomic mass is 10.3. The Morgan fingerprint density at radius 1 is 1.53 bits per heavy atom. The maximum absolute atomic E-state index is 10.5. The first-order valence-corrected chi connectivity index (χ1v) is 5.82. The topological polar surface area (TPSA) is 48.4 Å². The summed E-state index contributed by atoms with van der Waals surface area (Å²) in [4.78, 5) is 14.6. The van der Waals surface area contributed by atoms with Crippen LogP contribution in [-0.4, -0.2) is 32.1 Å². The van der Waals surface area contributed by atoms with Crippen LogP contribution >= 0.6 is 15.9 Å². The molecule has 17 heavy (non-hydrogen) atoms. The van der Waals surface area contributed by atoms with E-state index in [1.807, 2.05) is 0 Å².